The van der Waals surface area contributed by atoms with Crippen molar-refractivity contribution < 1.29 is 9.59 Å². The van der Waals surface area contributed by atoms with E-state index < -0.39 is 0 Å². The first-order valence-electron chi connectivity index (χ1n) is 11.5. The van der Waals surface area contributed by atoms with Crippen LogP contribution in [0, 0.1) is 11.8 Å². The van der Waals surface area contributed by atoms with Gasteiger partial charge in [0.2, 0.25) is 5.91 Å². The number of rotatable bonds is 6. The topological polar surface area (TPSA) is 106 Å². The number of piperidine rings is 1. The van der Waals surface area contributed by atoms with E-state index in [1.165, 1.54) is 0 Å². The normalized spacial score (nSPS) is 22.8. The summed E-state index contributed by atoms with van der Waals surface area (Å²) in [5, 5.41) is 7.47. The van der Waals surface area contributed by atoms with Crippen molar-refractivity contribution >= 4 is 17.6 Å². The molecule has 0 bridgehead atoms. The van der Waals surface area contributed by atoms with E-state index >= 15 is 0 Å². The van der Waals surface area contributed by atoms with Crippen LogP contribution in [-0.2, 0) is 24.3 Å². The number of benzene rings is 1. The lowest BCUT2D eigenvalue weighted by molar-refractivity contribution is -0.130. The van der Waals surface area contributed by atoms with Crippen LogP contribution in [-0.4, -0.2) is 38.0 Å². The minimum Gasteiger partial charge on any atom is -0.383 e. The van der Waals surface area contributed by atoms with Crippen LogP contribution in [0.15, 0.2) is 48.9 Å². The molecule has 2 aromatic heterocycles. The predicted octanol–water partition coefficient (Wildman–Crippen LogP) is 2.30. The molecule has 8 nitrogen and oxygen atoms in total. The van der Waals surface area contributed by atoms with E-state index in [0.29, 0.717) is 42.2 Å². The summed E-state index contributed by atoms with van der Waals surface area (Å²) in [4.78, 5) is 31.1. The van der Waals surface area contributed by atoms with Gasteiger partial charge in [-0.2, -0.15) is 5.10 Å². The second-order valence-electron chi connectivity index (χ2n) is 9.39. The lowest BCUT2D eigenvalue weighted by Gasteiger charge is -2.18. The fourth-order valence-electron chi connectivity index (χ4n) is 5.19. The molecule has 168 valence electrons. The smallest absolute Gasteiger partial charge is 0.254 e. The van der Waals surface area contributed by atoms with E-state index in [-0.39, 0.29) is 11.9 Å². The third-order valence-corrected chi connectivity index (χ3v) is 7.13. The van der Waals surface area contributed by atoms with Crippen molar-refractivity contribution in [2.75, 3.05) is 12.3 Å². The Balaban J connectivity index is 1.06. The molecule has 2 aliphatic carbocycles. The molecule has 3 aliphatic rings. The van der Waals surface area contributed by atoms with Gasteiger partial charge >= 0.3 is 0 Å². The summed E-state index contributed by atoms with van der Waals surface area (Å²) in [6.45, 7) is 2.17. The maximum Gasteiger partial charge on any atom is 0.254 e. The number of nitrogens with one attached hydrogen (secondary N) is 1. The third kappa shape index (κ3) is 3.75. The molecular formula is C25H26N6O2. The second-order valence-corrected chi connectivity index (χ2v) is 9.39. The Kier molecular flexibility index (Phi) is 4.67. The number of hydrogen-bond acceptors (Lipinski definition) is 5. The molecule has 1 saturated heterocycles. The summed E-state index contributed by atoms with van der Waals surface area (Å²) >= 11 is 0. The fourth-order valence-corrected chi connectivity index (χ4v) is 5.19. The predicted molar refractivity (Wildman–Crippen MR) is 122 cm³/mol. The van der Waals surface area contributed by atoms with Gasteiger partial charge in [0, 0.05) is 31.4 Å². The van der Waals surface area contributed by atoms with Crippen molar-refractivity contribution in [3.8, 4) is 0 Å². The largest absolute Gasteiger partial charge is 0.383 e. The Labute approximate surface area is 191 Å². The fraction of sp³-hybridized carbons (Fsp3) is 0.360. The lowest BCUT2D eigenvalue weighted by atomic mass is 10.1. The number of nitrogens with two attached hydrogens (primary N) is 1. The number of likely N-dealkylation sites (tertiary alicyclic amines) is 1. The van der Waals surface area contributed by atoms with Gasteiger partial charge in [0.1, 0.15) is 5.82 Å². The van der Waals surface area contributed by atoms with E-state index in [9.17, 15) is 9.59 Å². The highest BCUT2D eigenvalue weighted by Crippen LogP contribution is 2.46. The van der Waals surface area contributed by atoms with Crippen LogP contribution in [0.5, 0.6) is 0 Å². The Morgan fingerprint density at radius 3 is 2.70 bits per heavy atom. The van der Waals surface area contributed by atoms with Crippen LogP contribution < -0.4 is 11.1 Å². The number of anilines is 1. The van der Waals surface area contributed by atoms with E-state index in [0.717, 1.165) is 48.1 Å². The molecule has 8 heteroatoms. The van der Waals surface area contributed by atoms with Gasteiger partial charge in [-0.15, -0.1) is 0 Å². The molecular weight excluding hydrogens is 416 g/mol. The Bertz CT molecular complexity index is 1230. The van der Waals surface area contributed by atoms with E-state index in [1.54, 1.807) is 23.3 Å². The molecule has 1 aromatic carbocycles. The second kappa shape index (κ2) is 7.72. The highest BCUT2D eigenvalue weighted by atomic mass is 16.2. The number of amides is 2. The first-order chi connectivity index (χ1) is 16.0. The number of hydrogen-bond donors (Lipinski definition) is 2. The van der Waals surface area contributed by atoms with Crippen molar-refractivity contribution in [3.63, 3.8) is 0 Å². The summed E-state index contributed by atoms with van der Waals surface area (Å²) in [6.07, 6.45) is 7.79. The quantitative estimate of drug-likeness (QED) is 0.609. The summed E-state index contributed by atoms with van der Waals surface area (Å²) in [5.74, 6) is 1.62. The summed E-state index contributed by atoms with van der Waals surface area (Å²) in [6, 6.07) is 10.1. The monoisotopic (exact) mass is 442 g/mol. The first kappa shape index (κ1) is 20.0. The Morgan fingerprint density at radius 1 is 1.15 bits per heavy atom. The van der Waals surface area contributed by atoms with Crippen molar-refractivity contribution in [1.29, 1.82) is 0 Å². The van der Waals surface area contributed by atoms with Crippen LogP contribution in [0.2, 0.25) is 0 Å². The molecule has 3 N–H and O–H groups in total. The van der Waals surface area contributed by atoms with Gasteiger partial charge in [0.15, 0.2) is 0 Å². The van der Waals surface area contributed by atoms with Gasteiger partial charge in [0.05, 0.1) is 24.3 Å². The molecule has 0 radical (unpaired) electrons. The molecule has 3 heterocycles. The highest BCUT2D eigenvalue weighted by molar-refractivity contribution is 5.94. The van der Waals surface area contributed by atoms with Gasteiger partial charge in [-0.3, -0.25) is 14.3 Å². The molecule has 1 saturated carbocycles. The Morgan fingerprint density at radius 2 is 1.94 bits per heavy atom. The number of carbonyl (C=O) groups is 2. The summed E-state index contributed by atoms with van der Waals surface area (Å²) in [5.41, 5.74) is 10.8. The van der Waals surface area contributed by atoms with Crippen LogP contribution in [0.1, 0.15) is 51.5 Å². The van der Waals surface area contributed by atoms with Crippen molar-refractivity contribution in [2.45, 2.75) is 38.4 Å². The molecule has 2 fully saturated rings. The average Bonchev–Trinajstić information content (AvgIpc) is 3.10. The minimum absolute atomic E-state index is 0.0536. The average molecular weight is 443 g/mol. The van der Waals surface area contributed by atoms with E-state index in [4.69, 9.17) is 5.73 Å². The first-order valence-corrected chi connectivity index (χ1v) is 11.5. The molecule has 3 aromatic rings. The van der Waals surface area contributed by atoms with Gasteiger partial charge in [-0.25, -0.2) is 4.98 Å². The molecule has 2 amide bonds. The molecule has 0 spiro atoms. The number of pyridine rings is 1. The number of carbonyl (C=O) groups excluding carboxylic acids is 2. The van der Waals surface area contributed by atoms with Crippen molar-refractivity contribution in [1.82, 2.24) is 25.0 Å². The minimum atomic E-state index is -0.141. The zero-order valence-corrected chi connectivity index (χ0v) is 18.3. The number of nitrogens with zero attached hydrogens (tertiary/aromatic N) is 4. The van der Waals surface area contributed by atoms with Gasteiger partial charge < -0.3 is 16.0 Å². The van der Waals surface area contributed by atoms with Crippen LogP contribution in [0.4, 0.5) is 5.82 Å². The molecule has 3 atom stereocenters. The van der Waals surface area contributed by atoms with Gasteiger partial charge in [-0.05, 0) is 53.5 Å². The zero-order chi connectivity index (χ0) is 22.5. The third-order valence-electron chi connectivity index (χ3n) is 7.13. The van der Waals surface area contributed by atoms with Crippen LogP contribution in [0.3, 0.4) is 0 Å². The van der Waals surface area contributed by atoms with E-state index in [1.807, 2.05) is 11.0 Å². The Hall–Kier alpha value is -3.68. The van der Waals surface area contributed by atoms with Crippen molar-refractivity contribution in [2.24, 2.45) is 11.8 Å². The van der Waals surface area contributed by atoms with Crippen LogP contribution >= 0.6 is 0 Å². The summed E-state index contributed by atoms with van der Waals surface area (Å²) in [7, 11) is 0. The van der Waals surface area contributed by atoms with E-state index in [2.05, 4.69) is 39.7 Å². The molecule has 6 rings (SSSR count). The van der Waals surface area contributed by atoms with Crippen molar-refractivity contribution in [3.05, 3.63) is 76.7 Å². The standard InChI is InChI=1S/C25H26N6O2/c26-23-20-5-6-22(19(20)7-8-27-23)29-24(32)18-10-28-31(14-18)12-16-3-1-15(2-4-16)11-30-13-17-9-21(17)25(30)33/h1-4,7-8,10,14,17,21-22H,5-6,9,11-13H2,(H2,26,27)(H,29,32)/t17-,21?,22?/m1/s1. The number of fused-ring (bicyclic) bond motifs is 2. The zero-order valence-electron chi connectivity index (χ0n) is 18.3. The van der Waals surface area contributed by atoms with Gasteiger partial charge in [0.25, 0.3) is 5.91 Å². The highest BCUT2D eigenvalue weighted by Gasteiger charge is 2.51. The SMILES string of the molecule is Nc1nccc2c1CCC2NC(=O)c1cnn(Cc2ccc(CN3C[C@H]4CC4C3=O)cc2)c1. The molecule has 2 unspecified atom stereocenters. The number of nitrogen functional groups attached to an aromatic ring is 1. The number of aromatic nitrogens is 3. The maximum absolute atomic E-state index is 12.8. The van der Waals surface area contributed by atoms with Gasteiger partial charge in [-0.1, -0.05) is 24.3 Å². The maximum atomic E-state index is 12.8. The lowest BCUT2D eigenvalue weighted by Crippen LogP contribution is -2.27. The van der Waals surface area contributed by atoms with Crippen LogP contribution in [0.25, 0.3) is 0 Å². The summed E-state index contributed by atoms with van der Waals surface area (Å²) < 4.78 is 1.77. The molecule has 33 heavy (non-hydrogen) atoms. The molecule has 1 aliphatic heterocycles.